The highest BCUT2D eigenvalue weighted by atomic mass is 79.9. The Bertz CT molecular complexity index is 476. The SMILES string of the molecule is CC(C)[C@H]1OCC[C@H]1C(=O)Oc1cccc(N)c1Br. The Labute approximate surface area is 121 Å². The Kier molecular flexibility index (Phi) is 4.47. The summed E-state index contributed by atoms with van der Waals surface area (Å²) in [4.78, 5) is 12.2. The van der Waals surface area contributed by atoms with Gasteiger partial charge in [-0.05, 0) is 40.4 Å². The number of hydrogen-bond donors (Lipinski definition) is 1. The fourth-order valence-electron chi connectivity index (χ4n) is 2.31. The van der Waals surface area contributed by atoms with Crippen LogP contribution in [0, 0.1) is 11.8 Å². The van der Waals surface area contributed by atoms with E-state index in [2.05, 4.69) is 15.9 Å². The van der Waals surface area contributed by atoms with Crippen molar-refractivity contribution in [2.24, 2.45) is 11.8 Å². The molecule has 1 aromatic carbocycles. The predicted molar refractivity (Wildman–Crippen MR) is 76.9 cm³/mol. The molecule has 2 rings (SSSR count). The van der Waals surface area contributed by atoms with Crippen molar-refractivity contribution in [1.29, 1.82) is 0 Å². The maximum absolute atomic E-state index is 12.2. The van der Waals surface area contributed by atoms with Crippen LogP contribution in [0.1, 0.15) is 20.3 Å². The second kappa shape index (κ2) is 5.92. The summed E-state index contributed by atoms with van der Waals surface area (Å²) in [6.07, 6.45) is 0.647. The number of halogens is 1. The molecule has 2 atom stereocenters. The molecule has 1 heterocycles. The number of esters is 1. The summed E-state index contributed by atoms with van der Waals surface area (Å²) in [5.74, 6) is 0.305. The number of nitrogens with two attached hydrogens (primary N) is 1. The zero-order valence-electron chi connectivity index (χ0n) is 11.1. The minimum Gasteiger partial charge on any atom is -0.425 e. The van der Waals surface area contributed by atoms with Crippen molar-refractivity contribution in [1.82, 2.24) is 0 Å². The molecule has 0 aromatic heterocycles. The van der Waals surface area contributed by atoms with E-state index in [4.69, 9.17) is 15.2 Å². The minimum absolute atomic E-state index is 0.0627. The number of anilines is 1. The predicted octanol–water partition coefficient (Wildman–Crippen LogP) is 3.00. The van der Waals surface area contributed by atoms with E-state index in [0.29, 0.717) is 34.9 Å². The lowest BCUT2D eigenvalue weighted by Gasteiger charge is -2.20. The summed E-state index contributed by atoms with van der Waals surface area (Å²) in [5, 5.41) is 0. The molecule has 0 spiro atoms. The van der Waals surface area contributed by atoms with Gasteiger partial charge in [0.15, 0.2) is 0 Å². The molecule has 0 radical (unpaired) electrons. The van der Waals surface area contributed by atoms with Crippen LogP contribution in [0.5, 0.6) is 5.75 Å². The van der Waals surface area contributed by atoms with Gasteiger partial charge < -0.3 is 15.2 Å². The van der Waals surface area contributed by atoms with Gasteiger partial charge in [-0.25, -0.2) is 0 Å². The van der Waals surface area contributed by atoms with Gasteiger partial charge in [0.2, 0.25) is 0 Å². The fraction of sp³-hybridized carbons (Fsp3) is 0.500. The van der Waals surface area contributed by atoms with E-state index < -0.39 is 0 Å². The molecule has 1 fully saturated rings. The van der Waals surface area contributed by atoms with Gasteiger partial charge in [0.05, 0.1) is 16.5 Å². The van der Waals surface area contributed by atoms with E-state index in [1.54, 1.807) is 18.2 Å². The third-order valence-electron chi connectivity index (χ3n) is 3.30. The minimum atomic E-state index is -0.248. The fourth-order valence-corrected chi connectivity index (χ4v) is 2.66. The first-order valence-corrected chi connectivity index (χ1v) is 7.17. The van der Waals surface area contributed by atoms with Gasteiger partial charge in [-0.15, -0.1) is 0 Å². The second-order valence-corrected chi connectivity index (χ2v) is 5.85. The Hall–Kier alpha value is -1.07. The first kappa shape index (κ1) is 14.3. The second-order valence-electron chi connectivity index (χ2n) is 5.06. The van der Waals surface area contributed by atoms with Crippen LogP contribution in [0.3, 0.4) is 0 Å². The summed E-state index contributed by atoms with van der Waals surface area (Å²) in [5.41, 5.74) is 6.31. The third kappa shape index (κ3) is 3.09. The molecule has 5 heteroatoms. The molecule has 0 saturated carbocycles. The van der Waals surface area contributed by atoms with Gasteiger partial charge >= 0.3 is 5.97 Å². The van der Waals surface area contributed by atoms with Crippen LogP contribution in [-0.4, -0.2) is 18.7 Å². The topological polar surface area (TPSA) is 61.5 Å². The van der Waals surface area contributed by atoms with Crippen molar-refractivity contribution in [3.05, 3.63) is 22.7 Å². The Balaban J connectivity index is 2.11. The summed E-state index contributed by atoms with van der Waals surface area (Å²) < 4.78 is 11.7. The molecule has 0 unspecified atom stereocenters. The molecule has 1 aliphatic rings. The number of ether oxygens (including phenoxy) is 2. The highest BCUT2D eigenvalue weighted by Crippen LogP contribution is 2.33. The molecule has 0 bridgehead atoms. The van der Waals surface area contributed by atoms with Crippen molar-refractivity contribution in [3.8, 4) is 5.75 Å². The van der Waals surface area contributed by atoms with E-state index in [1.807, 2.05) is 13.8 Å². The van der Waals surface area contributed by atoms with Crippen LogP contribution >= 0.6 is 15.9 Å². The van der Waals surface area contributed by atoms with Crippen LogP contribution in [0.2, 0.25) is 0 Å². The van der Waals surface area contributed by atoms with Crippen molar-refractivity contribution < 1.29 is 14.3 Å². The summed E-state index contributed by atoms with van der Waals surface area (Å²) in [6.45, 7) is 4.71. The van der Waals surface area contributed by atoms with Gasteiger partial charge in [-0.3, -0.25) is 4.79 Å². The average Bonchev–Trinajstić information content (AvgIpc) is 2.84. The molecule has 1 aliphatic heterocycles. The highest BCUT2D eigenvalue weighted by molar-refractivity contribution is 9.10. The lowest BCUT2D eigenvalue weighted by atomic mass is 9.93. The molecule has 19 heavy (non-hydrogen) atoms. The normalized spacial score (nSPS) is 22.7. The van der Waals surface area contributed by atoms with Crippen LogP contribution in [0.4, 0.5) is 5.69 Å². The van der Waals surface area contributed by atoms with Gasteiger partial charge in [0.25, 0.3) is 0 Å². The largest absolute Gasteiger partial charge is 0.425 e. The van der Waals surface area contributed by atoms with Crippen molar-refractivity contribution >= 4 is 27.6 Å². The summed E-state index contributed by atoms with van der Waals surface area (Å²) in [7, 11) is 0. The molecular formula is C14H18BrNO3. The average molecular weight is 328 g/mol. The standard InChI is InChI=1S/C14H18BrNO3/c1-8(2)13-9(6-7-18-13)14(17)19-11-5-3-4-10(16)12(11)15/h3-5,8-9,13H,6-7,16H2,1-2H3/t9-,13-/m1/s1. The molecule has 1 aromatic rings. The number of nitrogen functional groups attached to an aromatic ring is 1. The maximum atomic E-state index is 12.2. The highest BCUT2D eigenvalue weighted by Gasteiger charge is 2.37. The number of benzene rings is 1. The molecular weight excluding hydrogens is 310 g/mol. The maximum Gasteiger partial charge on any atom is 0.317 e. The molecule has 0 amide bonds. The number of carbonyl (C=O) groups is 1. The summed E-state index contributed by atoms with van der Waals surface area (Å²) in [6, 6.07) is 5.23. The van der Waals surface area contributed by atoms with Crippen LogP contribution in [0.15, 0.2) is 22.7 Å². The van der Waals surface area contributed by atoms with E-state index >= 15 is 0 Å². The van der Waals surface area contributed by atoms with Gasteiger partial charge in [0.1, 0.15) is 5.75 Å². The Morgan fingerprint density at radius 1 is 1.53 bits per heavy atom. The van der Waals surface area contributed by atoms with E-state index in [1.165, 1.54) is 0 Å². The van der Waals surface area contributed by atoms with Crippen LogP contribution in [-0.2, 0) is 9.53 Å². The molecule has 104 valence electrons. The Morgan fingerprint density at radius 2 is 2.26 bits per heavy atom. The lowest BCUT2D eigenvalue weighted by molar-refractivity contribution is -0.141. The number of rotatable bonds is 3. The zero-order chi connectivity index (χ0) is 14.0. The molecule has 2 N–H and O–H groups in total. The van der Waals surface area contributed by atoms with Crippen molar-refractivity contribution in [3.63, 3.8) is 0 Å². The Morgan fingerprint density at radius 3 is 2.95 bits per heavy atom. The zero-order valence-corrected chi connectivity index (χ0v) is 12.6. The van der Waals surface area contributed by atoms with Crippen LogP contribution < -0.4 is 10.5 Å². The molecule has 4 nitrogen and oxygen atoms in total. The number of carbonyl (C=O) groups excluding carboxylic acids is 1. The first-order valence-electron chi connectivity index (χ1n) is 6.38. The monoisotopic (exact) mass is 327 g/mol. The van der Waals surface area contributed by atoms with Gasteiger partial charge in [-0.1, -0.05) is 19.9 Å². The van der Waals surface area contributed by atoms with Crippen LogP contribution in [0.25, 0.3) is 0 Å². The number of hydrogen-bond acceptors (Lipinski definition) is 4. The smallest absolute Gasteiger partial charge is 0.317 e. The molecule has 0 aliphatic carbocycles. The van der Waals surface area contributed by atoms with E-state index in [9.17, 15) is 4.79 Å². The van der Waals surface area contributed by atoms with E-state index in [-0.39, 0.29) is 18.0 Å². The molecule has 1 saturated heterocycles. The van der Waals surface area contributed by atoms with Crippen molar-refractivity contribution in [2.75, 3.05) is 12.3 Å². The van der Waals surface area contributed by atoms with E-state index in [0.717, 1.165) is 0 Å². The quantitative estimate of drug-likeness (QED) is 0.526. The van der Waals surface area contributed by atoms with Crippen molar-refractivity contribution in [2.45, 2.75) is 26.4 Å². The summed E-state index contributed by atoms with van der Waals surface area (Å²) >= 11 is 3.33. The van der Waals surface area contributed by atoms with Gasteiger partial charge in [-0.2, -0.15) is 0 Å². The first-order chi connectivity index (χ1) is 9.00. The van der Waals surface area contributed by atoms with Gasteiger partial charge in [0, 0.05) is 12.3 Å². The third-order valence-corrected chi connectivity index (χ3v) is 4.15. The lowest BCUT2D eigenvalue weighted by Crippen LogP contribution is -2.31.